The molecule has 1 amide bonds. The van der Waals surface area contributed by atoms with Gasteiger partial charge >= 0.3 is 0 Å². The van der Waals surface area contributed by atoms with Crippen molar-refractivity contribution in [3.05, 3.63) is 59.4 Å². The number of rotatable bonds is 6. The molecular formula is C20H25N2O2+. The Kier molecular flexibility index (Phi) is 5.47. The first-order chi connectivity index (χ1) is 11.7. The molecule has 0 radical (unpaired) electrons. The highest BCUT2D eigenvalue weighted by atomic mass is 16.5. The predicted octanol–water partition coefficient (Wildman–Crippen LogP) is 2.22. The number of nitrogens with zero attached hydrogens (tertiary/aromatic N) is 1. The highest BCUT2D eigenvalue weighted by Crippen LogP contribution is 2.18. The summed E-state index contributed by atoms with van der Waals surface area (Å²) in [6, 6.07) is 10.1. The lowest BCUT2D eigenvalue weighted by Crippen LogP contribution is -2.43. The molecule has 0 unspecified atom stereocenters. The maximum absolute atomic E-state index is 12.1. The van der Waals surface area contributed by atoms with Gasteiger partial charge in [0.1, 0.15) is 5.75 Å². The molecule has 0 bridgehead atoms. The molecule has 1 aliphatic carbocycles. The summed E-state index contributed by atoms with van der Waals surface area (Å²) in [5.41, 5.74) is 4.03. The van der Waals surface area contributed by atoms with E-state index >= 15 is 0 Å². The number of methoxy groups -OCH3 is 1. The van der Waals surface area contributed by atoms with Crippen LogP contribution in [0.1, 0.15) is 29.5 Å². The Hall–Kier alpha value is -2.36. The number of pyridine rings is 1. The van der Waals surface area contributed by atoms with Crippen molar-refractivity contribution in [2.24, 2.45) is 0 Å². The molecule has 1 aromatic heterocycles. The number of benzene rings is 1. The molecule has 0 saturated heterocycles. The van der Waals surface area contributed by atoms with Gasteiger partial charge in [0.15, 0.2) is 12.4 Å². The second kappa shape index (κ2) is 7.95. The number of ether oxygens (including phenoxy) is 1. The van der Waals surface area contributed by atoms with Crippen LogP contribution in [-0.4, -0.2) is 19.6 Å². The Balaban J connectivity index is 1.47. The summed E-state index contributed by atoms with van der Waals surface area (Å²) in [7, 11) is 1.66. The third-order valence-electron chi connectivity index (χ3n) is 4.56. The van der Waals surface area contributed by atoms with Crippen LogP contribution in [0.3, 0.4) is 0 Å². The van der Waals surface area contributed by atoms with E-state index in [4.69, 9.17) is 4.74 Å². The van der Waals surface area contributed by atoms with Gasteiger partial charge < -0.3 is 10.1 Å². The Labute approximate surface area is 143 Å². The van der Waals surface area contributed by atoms with Crippen LogP contribution in [0.15, 0.2) is 42.7 Å². The van der Waals surface area contributed by atoms with Gasteiger partial charge in [-0.2, -0.15) is 4.57 Å². The van der Waals surface area contributed by atoms with Crippen LogP contribution in [0.25, 0.3) is 0 Å². The maximum atomic E-state index is 12.1. The Morgan fingerprint density at radius 1 is 1.12 bits per heavy atom. The molecule has 1 aliphatic rings. The zero-order valence-corrected chi connectivity index (χ0v) is 14.3. The number of carbonyl (C=O) groups is 1. The van der Waals surface area contributed by atoms with Gasteiger partial charge in [-0.15, -0.1) is 0 Å². The van der Waals surface area contributed by atoms with Crippen molar-refractivity contribution in [1.82, 2.24) is 5.32 Å². The van der Waals surface area contributed by atoms with E-state index in [2.05, 4.69) is 17.6 Å². The number of fused-ring (bicyclic) bond motifs is 1. The SMILES string of the molecule is COc1ccc(CCNC(=O)C[n+]2ccc3c(c2)CCCC3)cc1. The van der Waals surface area contributed by atoms with E-state index in [0.29, 0.717) is 13.1 Å². The zero-order chi connectivity index (χ0) is 16.8. The molecular weight excluding hydrogens is 300 g/mol. The van der Waals surface area contributed by atoms with E-state index in [1.54, 1.807) is 7.11 Å². The monoisotopic (exact) mass is 325 g/mol. The molecule has 1 aromatic carbocycles. The molecule has 126 valence electrons. The van der Waals surface area contributed by atoms with Gasteiger partial charge in [-0.05, 0) is 55.4 Å². The minimum absolute atomic E-state index is 0.0595. The lowest BCUT2D eigenvalue weighted by molar-refractivity contribution is -0.685. The largest absolute Gasteiger partial charge is 0.497 e. The lowest BCUT2D eigenvalue weighted by atomic mass is 9.93. The number of hydrogen-bond acceptors (Lipinski definition) is 2. The highest BCUT2D eigenvalue weighted by molar-refractivity contribution is 5.74. The van der Waals surface area contributed by atoms with Gasteiger partial charge in [-0.1, -0.05) is 12.1 Å². The summed E-state index contributed by atoms with van der Waals surface area (Å²) >= 11 is 0. The number of aryl methyl sites for hydroxylation is 2. The van der Waals surface area contributed by atoms with Crippen molar-refractivity contribution in [1.29, 1.82) is 0 Å². The van der Waals surface area contributed by atoms with Crippen molar-refractivity contribution >= 4 is 5.91 Å². The second-order valence-electron chi connectivity index (χ2n) is 6.32. The molecule has 1 N–H and O–H groups in total. The van der Waals surface area contributed by atoms with E-state index in [-0.39, 0.29) is 5.91 Å². The summed E-state index contributed by atoms with van der Waals surface area (Å²) in [4.78, 5) is 12.1. The second-order valence-corrected chi connectivity index (χ2v) is 6.32. The quantitative estimate of drug-likeness (QED) is 0.828. The van der Waals surface area contributed by atoms with Crippen molar-refractivity contribution in [2.45, 2.75) is 38.6 Å². The fraction of sp³-hybridized carbons (Fsp3) is 0.400. The molecule has 4 heteroatoms. The normalized spacial score (nSPS) is 13.2. The van der Waals surface area contributed by atoms with Gasteiger partial charge in [0.25, 0.3) is 5.91 Å². The van der Waals surface area contributed by atoms with Gasteiger partial charge in [-0.3, -0.25) is 4.79 Å². The average molecular weight is 325 g/mol. The van der Waals surface area contributed by atoms with Crippen LogP contribution in [0.4, 0.5) is 0 Å². The first-order valence-electron chi connectivity index (χ1n) is 8.65. The molecule has 0 saturated carbocycles. The zero-order valence-electron chi connectivity index (χ0n) is 14.3. The molecule has 0 aliphatic heterocycles. The number of hydrogen-bond donors (Lipinski definition) is 1. The molecule has 4 nitrogen and oxygen atoms in total. The van der Waals surface area contributed by atoms with E-state index < -0.39 is 0 Å². The molecule has 2 aromatic rings. The topological polar surface area (TPSA) is 42.2 Å². The summed E-state index contributed by atoms with van der Waals surface area (Å²) in [6.07, 6.45) is 9.82. The van der Waals surface area contributed by atoms with Crippen LogP contribution in [0.2, 0.25) is 0 Å². The summed E-state index contributed by atoms with van der Waals surface area (Å²) < 4.78 is 7.14. The van der Waals surface area contributed by atoms with Crippen LogP contribution in [0.5, 0.6) is 5.75 Å². The highest BCUT2D eigenvalue weighted by Gasteiger charge is 2.15. The van der Waals surface area contributed by atoms with Crippen LogP contribution < -0.4 is 14.6 Å². The van der Waals surface area contributed by atoms with Crippen molar-refractivity contribution in [2.75, 3.05) is 13.7 Å². The van der Waals surface area contributed by atoms with Gasteiger partial charge in [0, 0.05) is 18.2 Å². The lowest BCUT2D eigenvalue weighted by Gasteiger charge is -2.13. The van der Waals surface area contributed by atoms with Crippen LogP contribution in [-0.2, 0) is 30.6 Å². The third-order valence-corrected chi connectivity index (χ3v) is 4.56. The minimum atomic E-state index is 0.0595. The van der Waals surface area contributed by atoms with Gasteiger partial charge in [0.05, 0.1) is 7.11 Å². The summed E-state index contributed by atoms with van der Waals surface area (Å²) in [5.74, 6) is 0.913. The van der Waals surface area contributed by atoms with Crippen molar-refractivity contribution < 1.29 is 14.1 Å². The number of amides is 1. The Bertz CT molecular complexity index is 695. The minimum Gasteiger partial charge on any atom is -0.497 e. The number of carbonyl (C=O) groups excluding carboxylic acids is 1. The Morgan fingerprint density at radius 3 is 2.62 bits per heavy atom. The number of nitrogens with one attached hydrogen (secondary N) is 1. The smallest absolute Gasteiger partial charge is 0.285 e. The molecule has 24 heavy (non-hydrogen) atoms. The first kappa shape index (κ1) is 16.5. The number of aromatic nitrogens is 1. The van der Waals surface area contributed by atoms with Crippen LogP contribution in [0, 0.1) is 0 Å². The van der Waals surface area contributed by atoms with Gasteiger partial charge in [-0.25, -0.2) is 0 Å². The van der Waals surface area contributed by atoms with E-state index in [1.807, 2.05) is 35.0 Å². The fourth-order valence-corrected chi connectivity index (χ4v) is 3.18. The predicted molar refractivity (Wildman–Crippen MR) is 93.0 cm³/mol. The Morgan fingerprint density at radius 2 is 1.88 bits per heavy atom. The maximum Gasteiger partial charge on any atom is 0.285 e. The van der Waals surface area contributed by atoms with Crippen molar-refractivity contribution in [3.63, 3.8) is 0 Å². The van der Waals surface area contributed by atoms with Gasteiger partial charge in [0.2, 0.25) is 6.54 Å². The fourth-order valence-electron chi connectivity index (χ4n) is 3.18. The molecule has 0 fully saturated rings. The first-order valence-corrected chi connectivity index (χ1v) is 8.65. The van der Waals surface area contributed by atoms with E-state index in [9.17, 15) is 4.79 Å². The molecule has 0 spiro atoms. The summed E-state index contributed by atoms with van der Waals surface area (Å²) in [5, 5.41) is 3.00. The van der Waals surface area contributed by atoms with Crippen molar-refractivity contribution in [3.8, 4) is 5.75 Å². The molecule has 3 rings (SSSR count). The standard InChI is InChI=1S/C20H24N2O2/c1-24-19-8-6-16(7-9-19)10-12-21-20(23)15-22-13-11-17-4-2-3-5-18(17)14-22/h6-9,11,13-14H,2-5,10,12,15H2,1H3/p+1. The molecule has 0 atom stereocenters. The van der Waals surface area contributed by atoms with E-state index in [1.165, 1.54) is 36.0 Å². The van der Waals surface area contributed by atoms with E-state index in [0.717, 1.165) is 18.6 Å². The van der Waals surface area contributed by atoms with Crippen LogP contribution >= 0.6 is 0 Å². The molecule has 1 heterocycles. The average Bonchev–Trinajstić information content (AvgIpc) is 2.62. The summed E-state index contributed by atoms with van der Waals surface area (Å²) in [6.45, 7) is 1.03. The third kappa shape index (κ3) is 4.34.